The fraction of sp³-hybridized carbons (Fsp3) is 0.556. The number of rotatable bonds is 15. The molecular weight excluding hydrogens is 386 g/mol. The van der Waals surface area contributed by atoms with Crippen molar-refractivity contribution in [3.8, 4) is 0 Å². The van der Waals surface area contributed by atoms with Crippen LogP contribution in [-0.2, 0) is 16.0 Å². The third kappa shape index (κ3) is 8.72. The van der Waals surface area contributed by atoms with E-state index >= 15 is 0 Å². The summed E-state index contributed by atoms with van der Waals surface area (Å²) < 4.78 is 0. The van der Waals surface area contributed by atoms with Gasteiger partial charge in [0.2, 0.25) is 5.91 Å². The lowest BCUT2D eigenvalue weighted by molar-refractivity contribution is -0.139. The Balaban J connectivity index is 1.55. The van der Waals surface area contributed by atoms with Crippen molar-refractivity contribution in [3.05, 3.63) is 54.1 Å². The third-order valence-electron chi connectivity index (χ3n) is 5.87. The normalized spacial score (nSPS) is 15.8. The van der Waals surface area contributed by atoms with Gasteiger partial charge in [-0.05, 0) is 50.2 Å². The van der Waals surface area contributed by atoms with Crippen LogP contribution in [0.15, 0.2) is 48.6 Å². The van der Waals surface area contributed by atoms with E-state index < -0.39 is 12.0 Å². The van der Waals surface area contributed by atoms with Crippen LogP contribution in [0.2, 0.25) is 0 Å². The molecule has 31 heavy (non-hydrogen) atoms. The first-order valence-electron chi connectivity index (χ1n) is 12.1. The predicted octanol–water partition coefficient (Wildman–Crippen LogP) is 6.84. The number of carboxylic acid groups (broad SMARTS) is 1. The SMILES string of the molecule is CCCCC/C=C\C/C=C\CCCCCCCC(=O)N1c2ccccc2CC1C(=O)O. The molecule has 4 nitrogen and oxygen atoms in total. The van der Waals surface area contributed by atoms with E-state index in [9.17, 15) is 14.7 Å². The average Bonchev–Trinajstić information content (AvgIpc) is 3.16. The summed E-state index contributed by atoms with van der Waals surface area (Å²) in [6.45, 7) is 2.23. The van der Waals surface area contributed by atoms with Gasteiger partial charge in [-0.3, -0.25) is 9.69 Å². The van der Waals surface area contributed by atoms with Crippen molar-refractivity contribution in [3.63, 3.8) is 0 Å². The van der Waals surface area contributed by atoms with Gasteiger partial charge in [0.1, 0.15) is 6.04 Å². The molecule has 0 fully saturated rings. The van der Waals surface area contributed by atoms with Crippen molar-refractivity contribution in [2.24, 2.45) is 0 Å². The number of anilines is 1. The molecule has 0 saturated carbocycles. The second-order valence-corrected chi connectivity index (χ2v) is 8.43. The molecule has 1 aromatic rings. The van der Waals surface area contributed by atoms with Crippen LogP contribution < -0.4 is 4.90 Å². The highest BCUT2D eigenvalue weighted by Gasteiger charge is 2.37. The van der Waals surface area contributed by atoms with Crippen molar-refractivity contribution in [2.75, 3.05) is 4.90 Å². The van der Waals surface area contributed by atoms with Crippen LogP contribution in [0.5, 0.6) is 0 Å². The molecule has 1 aliphatic rings. The Morgan fingerprint density at radius 2 is 1.58 bits per heavy atom. The minimum absolute atomic E-state index is 0.0666. The zero-order valence-electron chi connectivity index (χ0n) is 19.1. The smallest absolute Gasteiger partial charge is 0.327 e. The summed E-state index contributed by atoms with van der Waals surface area (Å²) in [7, 11) is 0. The highest BCUT2D eigenvalue weighted by atomic mass is 16.4. The maximum Gasteiger partial charge on any atom is 0.327 e. The fourth-order valence-electron chi connectivity index (χ4n) is 4.10. The van der Waals surface area contributed by atoms with Gasteiger partial charge in [-0.15, -0.1) is 0 Å². The summed E-state index contributed by atoms with van der Waals surface area (Å²) in [6.07, 6.45) is 22.5. The molecule has 0 radical (unpaired) electrons. The van der Waals surface area contributed by atoms with E-state index in [-0.39, 0.29) is 5.91 Å². The zero-order chi connectivity index (χ0) is 22.3. The lowest BCUT2D eigenvalue weighted by Crippen LogP contribution is -2.42. The number of unbranched alkanes of at least 4 members (excludes halogenated alkanes) is 8. The van der Waals surface area contributed by atoms with Gasteiger partial charge < -0.3 is 5.11 Å². The molecule has 1 aliphatic heterocycles. The number of hydrogen-bond donors (Lipinski definition) is 1. The molecule has 1 unspecified atom stereocenters. The van der Waals surface area contributed by atoms with E-state index in [2.05, 4.69) is 31.2 Å². The molecule has 170 valence electrons. The monoisotopic (exact) mass is 425 g/mol. The van der Waals surface area contributed by atoms with Crippen LogP contribution in [0.25, 0.3) is 0 Å². The van der Waals surface area contributed by atoms with Gasteiger partial charge in [0.05, 0.1) is 0 Å². The molecule has 0 aliphatic carbocycles. The lowest BCUT2D eigenvalue weighted by atomic mass is 10.1. The number of benzene rings is 1. The molecule has 0 aromatic heterocycles. The summed E-state index contributed by atoms with van der Waals surface area (Å²) in [6, 6.07) is 6.76. The molecule has 1 N–H and O–H groups in total. The molecule has 1 amide bonds. The average molecular weight is 426 g/mol. The number of hydrogen-bond acceptors (Lipinski definition) is 2. The van der Waals surface area contributed by atoms with Gasteiger partial charge >= 0.3 is 5.97 Å². The molecule has 4 heteroatoms. The summed E-state index contributed by atoms with van der Waals surface area (Å²) in [5, 5.41) is 9.51. The Morgan fingerprint density at radius 3 is 2.29 bits per heavy atom. The molecule has 1 aromatic carbocycles. The van der Waals surface area contributed by atoms with Crippen LogP contribution in [0.1, 0.15) is 89.5 Å². The number of nitrogens with zero attached hydrogens (tertiary/aromatic N) is 1. The van der Waals surface area contributed by atoms with Crippen molar-refractivity contribution in [1.82, 2.24) is 0 Å². The molecule has 0 bridgehead atoms. The van der Waals surface area contributed by atoms with Gasteiger partial charge in [-0.1, -0.05) is 81.5 Å². The zero-order valence-corrected chi connectivity index (χ0v) is 19.1. The van der Waals surface area contributed by atoms with Gasteiger partial charge in [0.25, 0.3) is 0 Å². The first-order valence-corrected chi connectivity index (χ1v) is 12.1. The Kier molecular flexibility index (Phi) is 11.7. The molecule has 0 spiro atoms. The van der Waals surface area contributed by atoms with E-state index in [0.717, 1.165) is 43.4 Å². The van der Waals surface area contributed by atoms with Gasteiger partial charge in [-0.2, -0.15) is 0 Å². The summed E-state index contributed by atoms with van der Waals surface area (Å²) >= 11 is 0. The number of fused-ring (bicyclic) bond motifs is 1. The van der Waals surface area contributed by atoms with Crippen molar-refractivity contribution in [2.45, 2.75) is 96.4 Å². The number of carboxylic acids is 1. The summed E-state index contributed by atoms with van der Waals surface area (Å²) in [4.78, 5) is 25.8. The van der Waals surface area contributed by atoms with Crippen LogP contribution >= 0.6 is 0 Å². The number of aliphatic carboxylic acids is 1. The second kappa shape index (κ2) is 14.6. The van der Waals surface area contributed by atoms with Crippen molar-refractivity contribution < 1.29 is 14.7 Å². The molecule has 1 heterocycles. The first kappa shape index (κ1) is 24.9. The van der Waals surface area contributed by atoms with Crippen molar-refractivity contribution >= 4 is 17.6 Å². The highest BCUT2D eigenvalue weighted by Crippen LogP contribution is 2.33. The second-order valence-electron chi connectivity index (χ2n) is 8.43. The Labute approximate surface area is 188 Å². The van der Waals surface area contributed by atoms with E-state index in [0.29, 0.717) is 12.8 Å². The lowest BCUT2D eigenvalue weighted by Gasteiger charge is -2.22. The minimum Gasteiger partial charge on any atom is -0.480 e. The topological polar surface area (TPSA) is 57.6 Å². The summed E-state index contributed by atoms with van der Waals surface area (Å²) in [5.74, 6) is -0.993. The van der Waals surface area contributed by atoms with E-state index in [4.69, 9.17) is 0 Å². The molecular formula is C27H39NO3. The Hall–Kier alpha value is -2.36. The maximum atomic E-state index is 12.7. The van der Waals surface area contributed by atoms with Crippen LogP contribution in [0, 0.1) is 0 Å². The van der Waals surface area contributed by atoms with E-state index in [1.165, 1.54) is 43.4 Å². The number of para-hydroxylation sites is 1. The Morgan fingerprint density at radius 1 is 0.935 bits per heavy atom. The Bertz CT molecular complexity index is 738. The van der Waals surface area contributed by atoms with Crippen molar-refractivity contribution in [1.29, 1.82) is 0 Å². The molecule has 0 saturated heterocycles. The quantitative estimate of drug-likeness (QED) is 0.247. The number of carbonyl (C=O) groups excluding carboxylic acids is 1. The fourth-order valence-corrected chi connectivity index (χ4v) is 4.10. The van der Waals surface area contributed by atoms with Gasteiger partial charge in [0.15, 0.2) is 0 Å². The minimum atomic E-state index is -0.926. The standard InChI is InChI=1S/C27H39NO3/c1-2-3-4-5-6-7-8-9-10-11-12-13-14-15-16-21-26(29)28-24-20-18-17-19-23(24)22-25(28)27(30)31/h6-7,9-10,17-20,25H,2-5,8,11-16,21-22H2,1H3,(H,30,31)/b7-6-,10-9-. The first-order chi connectivity index (χ1) is 15.1. The van der Waals surface area contributed by atoms with Gasteiger partial charge in [-0.25, -0.2) is 4.79 Å². The van der Waals surface area contributed by atoms with Gasteiger partial charge in [0, 0.05) is 18.5 Å². The number of carbonyl (C=O) groups is 2. The highest BCUT2D eigenvalue weighted by molar-refractivity contribution is 6.01. The predicted molar refractivity (Wildman–Crippen MR) is 128 cm³/mol. The number of amides is 1. The molecule has 2 rings (SSSR count). The third-order valence-corrected chi connectivity index (χ3v) is 5.87. The maximum absolute atomic E-state index is 12.7. The van der Waals surface area contributed by atoms with E-state index in [1.807, 2.05) is 24.3 Å². The van der Waals surface area contributed by atoms with Crippen LogP contribution in [-0.4, -0.2) is 23.0 Å². The number of allylic oxidation sites excluding steroid dienone is 4. The molecule has 1 atom stereocenters. The largest absolute Gasteiger partial charge is 0.480 e. The van der Waals surface area contributed by atoms with Crippen LogP contribution in [0.4, 0.5) is 5.69 Å². The summed E-state index contributed by atoms with van der Waals surface area (Å²) in [5.41, 5.74) is 1.71. The van der Waals surface area contributed by atoms with Crippen LogP contribution in [0.3, 0.4) is 0 Å². The van der Waals surface area contributed by atoms with E-state index in [1.54, 1.807) is 0 Å².